The summed E-state index contributed by atoms with van der Waals surface area (Å²) in [6, 6.07) is 9.14. The smallest absolute Gasteiger partial charge is 0.0617 e. The zero-order valence-corrected chi connectivity index (χ0v) is 12.6. The Morgan fingerprint density at radius 1 is 1.29 bits per heavy atom. The van der Waals surface area contributed by atoms with E-state index in [-0.39, 0.29) is 0 Å². The molecule has 2 atom stereocenters. The van der Waals surface area contributed by atoms with Crippen molar-refractivity contribution in [3.63, 3.8) is 0 Å². The topological polar surface area (TPSA) is 21.3 Å². The minimum Gasteiger partial charge on any atom is -0.382 e. The summed E-state index contributed by atoms with van der Waals surface area (Å²) in [6.07, 6.45) is 2.63. The highest BCUT2D eigenvalue weighted by Crippen LogP contribution is 2.23. The average Bonchev–Trinajstić information content (AvgIpc) is 2.32. The van der Waals surface area contributed by atoms with Gasteiger partial charge < -0.3 is 10.1 Å². The number of nitrogens with one attached hydrogen (secondary N) is 1. The molecular weight excluding hydrogens is 325 g/mol. The predicted octanol–water partition coefficient (Wildman–Crippen LogP) is 3.91. The lowest BCUT2D eigenvalue weighted by atomic mass is 9.95. The van der Waals surface area contributed by atoms with Crippen LogP contribution in [0.1, 0.15) is 26.7 Å². The molecule has 1 aromatic rings. The Morgan fingerprint density at radius 3 is 2.65 bits per heavy atom. The highest BCUT2D eigenvalue weighted by Gasteiger charge is 2.24. The molecule has 17 heavy (non-hydrogen) atoms. The molecule has 1 fully saturated rings. The Hall–Kier alpha value is -0.290. The van der Waals surface area contributed by atoms with Crippen LogP contribution in [0, 0.1) is 9.49 Å². The first-order chi connectivity index (χ1) is 8.15. The van der Waals surface area contributed by atoms with Crippen LogP contribution >= 0.6 is 22.6 Å². The highest BCUT2D eigenvalue weighted by atomic mass is 127. The Kier molecular flexibility index (Phi) is 4.68. The molecule has 94 valence electrons. The van der Waals surface area contributed by atoms with E-state index in [4.69, 9.17) is 4.74 Å². The van der Waals surface area contributed by atoms with E-state index in [0.717, 1.165) is 19.4 Å². The molecule has 1 saturated heterocycles. The van der Waals surface area contributed by atoms with Crippen molar-refractivity contribution in [1.82, 2.24) is 0 Å². The van der Waals surface area contributed by atoms with Crippen molar-refractivity contribution in [1.29, 1.82) is 0 Å². The number of rotatable bonds is 3. The molecule has 0 aliphatic carbocycles. The molecule has 1 aliphatic heterocycles. The number of ether oxygens (including phenoxy) is 1. The van der Waals surface area contributed by atoms with Crippen molar-refractivity contribution < 1.29 is 4.74 Å². The van der Waals surface area contributed by atoms with Crippen molar-refractivity contribution in [2.45, 2.75) is 38.8 Å². The fraction of sp³-hybridized carbons (Fsp3) is 0.571. The van der Waals surface area contributed by atoms with Crippen LogP contribution in [0.15, 0.2) is 24.3 Å². The third-order valence-electron chi connectivity index (χ3n) is 3.27. The second-order valence-corrected chi connectivity index (χ2v) is 6.27. The first-order valence-corrected chi connectivity index (χ1v) is 7.36. The van der Waals surface area contributed by atoms with Crippen molar-refractivity contribution in [3.8, 4) is 0 Å². The van der Waals surface area contributed by atoms with Crippen molar-refractivity contribution in [2.75, 3.05) is 11.9 Å². The van der Waals surface area contributed by atoms with E-state index in [0.29, 0.717) is 18.1 Å². The van der Waals surface area contributed by atoms with Crippen LogP contribution in [-0.4, -0.2) is 18.8 Å². The molecule has 0 saturated carbocycles. The lowest BCUT2D eigenvalue weighted by molar-refractivity contribution is -0.0160. The quantitative estimate of drug-likeness (QED) is 0.839. The number of benzene rings is 1. The SMILES string of the molecule is CC(C)C1CC(Nc2ccc(I)cc2)CCO1. The molecular formula is C14H20INO. The molecule has 0 radical (unpaired) electrons. The summed E-state index contributed by atoms with van der Waals surface area (Å²) in [5.41, 5.74) is 1.22. The van der Waals surface area contributed by atoms with Crippen LogP contribution in [0.5, 0.6) is 0 Å². The van der Waals surface area contributed by atoms with Gasteiger partial charge in [-0.3, -0.25) is 0 Å². The summed E-state index contributed by atoms with van der Waals surface area (Å²) in [5, 5.41) is 3.61. The molecule has 2 unspecified atom stereocenters. The largest absolute Gasteiger partial charge is 0.382 e. The van der Waals surface area contributed by atoms with Crippen LogP contribution < -0.4 is 5.32 Å². The second kappa shape index (κ2) is 6.05. The van der Waals surface area contributed by atoms with Crippen molar-refractivity contribution in [2.24, 2.45) is 5.92 Å². The van der Waals surface area contributed by atoms with Gasteiger partial charge in [0.1, 0.15) is 0 Å². The Morgan fingerprint density at radius 2 is 2.00 bits per heavy atom. The van der Waals surface area contributed by atoms with Gasteiger partial charge in [0.2, 0.25) is 0 Å². The molecule has 0 amide bonds. The molecule has 0 bridgehead atoms. The van der Waals surface area contributed by atoms with E-state index >= 15 is 0 Å². The van der Waals surface area contributed by atoms with Gasteiger partial charge in [0.05, 0.1) is 6.10 Å². The van der Waals surface area contributed by atoms with Crippen LogP contribution in [0.25, 0.3) is 0 Å². The Balaban J connectivity index is 1.92. The number of anilines is 1. The molecule has 2 nitrogen and oxygen atoms in total. The summed E-state index contributed by atoms with van der Waals surface area (Å²) in [4.78, 5) is 0. The van der Waals surface area contributed by atoms with E-state index in [1.54, 1.807) is 0 Å². The molecule has 1 aromatic carbocycles. The molecule has 3 heteroatoms. The Labute approximate surface area is 117 Å². The maximum Gasteiger partial charge on any atom is 0.0617 e. The maximum absolute atomic E-state index is 5.79. The van der Waals surface area contributed by atoms with E-state index < -0.39 is 0 Å². The second-order valence-electron chi connectivity index (χ2n) is 5.03. The summed E-state index contributed by atoms with van der Waals surface area (Å²) < 4.78 is 7.06. The van der Waals surface area contributed by atoms with Gasteiger partial charge in [-0.15, -0.1) is 0 Å². The minimum atomic E-state index is 0.407. The average molecular weight is 345 g/mol. The van der Waals surface area contributed by atoms with E-state index in [1.807, 2.05) is 0 Å². The summed E-state index contributed by atoms with van der Waals surface area (Å²) in [7, 11) is 0. The van der Waals surface area contributed by atoms with E-state index in [1.165, 1.54) is 9.26 Å². The van der Waals surface area contributed by atoms with E-state index in [9.17, 15) is 0 Å². The van der Waals surface area contributed by atoms with Crippen LogP contribution in [0.4, 0.5) is 5.69 Å². The minimum absolute atomic E-state index is 0.407. The summed E-state index contributed by atoms with van der Waals surface area (Å²) in [6.45, 7) is 5.35. The van der Waals surface area contributed by atoms with Crippen molar-refractivity contribution in [3.05, 3.63) is 27.8 Å². The van der Waals surface area contributed by atoms with Gasteiger partial charge in [-0.25, -0.2) is 0 Å². The van der Waals surface area contributed by atoms with Crippen LogP contribution in [0.2, 0.25) is 0 Å². The van der Waals surface area contributed by atoms with Gasteiger partial charge in [-0.1, -0.05) is 13.8 Å². The number of hydrogen-bond donors (Lipinski definition) is 1. The molecule has 1 heterocycles. The number of halogens is 1. The predicted molar refractivity (Wildman–Crippen MR) is 80.4 cm³/mol. The van der Waals surface area contributed by atoms with Gasteiger partial charge in [-0.05, 0) is 65.6 Å². The fourth-order valence-corrected chi connectivity index (χ4v) is 2.57. The molecule has 1 aliphatic rings. The van der Waals surface area contributed by atoms with Crippen LogP contribution in [0.3, 0.4) is 0 Å². The summed E-state index contributed by atoms with van der Waals surface area (Å²) >= 11 is 2.33. The lowest BCUT2D eigenvalue weighted by Crippen LogP contribution is -2.36. The van der Waals surface area contributed by atoms with E-state index in [2.05, 4.69) is 66.0 Å². The first kappa shape index (κ1) is 13.1. The molecule has 2 rings (SSSR count). The highest BCUT2D eigenvalue weighted by molar-refractivity contribution is 14.1. The van der Waals surface area contributed by atoms with Gasteiger partial charge in [0.25, 0.3) is 0 Å². The molecule has 0 spiro atoms. The third-order valence-corrected chi connectivity index (χ3v) is 3.99. The lowest BCUT2D eigenvalue weighted by Gasteiger charge is -2.33. The number of hydrogen-bond acceptors (Lipinski definition) is 2. The Bertz CT molecular complexity index is 350. The monoisotopic (exact) mass is 345 g/mol. The molecule has 1 N–H and O–H groups in total. The third kappa shape index (κ3) is 3.85. The zero-order chi connectivity index (χ0) is 12.3. The van der Waals surface area contributed by atoms with Crippen LogP contribution in [-0.2, 0) is 4.74 Å². The van der Waals surface area contributed by atoms with Crippen molar-refractivity contribution >= 4 is 28.3 Å². The van der Waals surface area contributed by atoms with Gasteiger partial charge in [0.15, 0.2) is 0 Å². The van der Waals surface area contributed by atoms with Gasteiger partial charge in [-0.2, -0.15) is 0 Å². The van der Waals surface area contributed by atoms with Gasteiger partial charge in [0, 0.05) is 21.9 Å². The van der Waals surface area contributed by atoms with Gasteiger partial charge >= 0.3 is 0 Å². The fourth-order valence-electron chi connectivity index (χ4n) is 2.21. The normalized spacial score (nSPS) is 24.9. The first-order valence-electron chi connectivity index (χ1n) is 6.29. The zero-order valence-electron chi connectivity index (χ0n) is 10.4. The molecule has 0 aromatic heterocycles. The standard InChI is InChI=1S/C14H20INO/c1-10(2)14-9-13(7-8-17-14)16-12-5-3-11(15)4-6-12/h3-6,10,13-14,16H,7-9H2,1-2H3. The summed E-state index contributed by atoms with van der Waals surface area (Å²) in [5.74, 6) is 0.608. The maximum atomic E-state index is 5.79.